The number of anilines is 6. The van der Waals surface area contributed by atoms with Gasteiger partial charge in [0.05, 0.1) is 39.5 Å². The Morgan fingerprint density at radius 3 is 0.901 bits per heavy atom. The molecule has 0 saturated heterocycles. The number of unbranched alkanes of at least 4 members (excludes halogenated alkanes) is 3. The molecule has 0 amide bonds. The Labute approximate surface area is 529 Å². The number of nitrogens with one attached hydrogen (secondary N) is 3. The number of carbonyl (C=O) groups is 2. The van der Waals surface area contributed by atoms with E-state index in [0.717, 1.165) is 81.2 Å². The van der Waals surface area contributed by atoms with Crippen molar-refractivity contribution in [2.75, 3.05) is 30.7 Å². The minimum Gasteiger partial charge on any atom is -0.481 e. The number of para-hydroxylation sites is 6. The molecule has 1 unspecified atom stereocenters. The van der Waals surface area contributed by atoms with E-state index in [9.17, 15) is 32.8 Å². The molecule has 0 aliphatic carbocycles. The molecule has 23 heteroatoms. The molecule has 22 nitrogen and oxygen atoms in total. The standard InChI is InChI=1S/3C18H15N5.C14H26O7S/c3*1-3-7-16(8-4-1)22-20-18(15-11-13-19-14-12-15)21-23(22)17-9-5-2-6-10-17;1-4-7-8-9-10-14(12(17)18,22(19,20)21)13(5-2,6-3)11(15)16/h3*1-14H,(H,20,21);4-10H2,1-3H3,(H,15,16)(H,17,18)(H,19,20,21). The molecule has 12 rings (SSSR count). The van der Waals surface area contributed by atoms with Crippen LogP contribution in [0.1, 0.15) is 82.4 Å². The number of benzene rings is 6. The molecule has 6 heterocycles. The lowest BCUT2D eigenvalue weighted by atomic mass is 9.68. The largest absolute Gasteiger partial charge is 0.481 e. The van der Waals surface area contributed by atoms with Gasteiger partial charge in [-0.1, -0.05) is 156 Å². The van der Waals surface area contributed by atoms with E-state index in [1.54, 1.807) is 37.2 Å². The highest BCUT2D eigenvalue weighted by Gasteiger charge is 2.67. The molecule has 6 N–H and O–H groups in total. The molecule has 0 spiro atoms. The van der Waals surface area contributed by atoms with Crippen molar-refractivity contribution in [1.29, 1.82) is 0 Å². The third kappa shape index (κ3) is 15.1. The van der Waals surface area contributed by atoms with Crippen LogP contribution in [0.3, 0.4) is 0 Å². The van der Waals surface area contributed by atoms with Gasteiger partial charge >= 0.3 is 11.9 Å². The quantitative estimate of drug-likeness (QED) is 0.0306. The van der Waals surface area contributed by atoms with E-state index in [4.69, 9.17) is 15.3 Å². The van der Waals surface area contributed by atoms with Gasteiger partial charge in [-0.05, 0) is 128 Å². The number of hydrazine groups is 6. The average Bonchev–Trinajstić information content (AvgIpc) is 1.51. The first-order chi connectivity index (χ1) is 44.3. The highest BCUT2D eigenvalue weighted by Crippen LogP contribution is 2.47. The molecular formula is C68H71N15O7S. The molecule has 0 radical (unpaired) electrons. The lowest BCUT2D eigenvalue weighted by Gasteiger charge is -2.41. The number of aliphatic carboxylic acids is 2. The van der Waals surface area contributed by atoms with Crippen molar-refractivity contribution in [1.82, 2.24) is 31.2 Å². The summed E-state index contributed by atoms with van der Waals surface area (Å²) in [5.74, 6) is -0.995. The predicted octanol–water partition coefficient (Wildman–Crippen LogP) is 12.1. The minimum absolute atomic E-state index is 0.210. The maximum Gasteiger partial charge on any atom is 0.328 e. The zero-order valence-corrected chi connectivity index (χ0v) is 51.3. The molecule has 0 fully saturated rings. The van der Waals surface area contributed by atoms with Crippen LogP contribution < -0.4 is 47.0 Å². The van der Waals surface area contributed by atoms with Gasteiger partial charge in [-0.25, -0.2) is 0 Å². The second-order valence-electron chi connectivity index (χ2n) is 20.7. The summed E-state index contributed by atoms with van der Waals surface area (Å²) in [7, 11) is -5.12. The van der Waals surface area contributed by atoms with Gasteiger partial charge in [0.2, 0.25) is 4.75 Å². The summed E-state index contributed by atoms with van der Waals surface area (Å²) in [5, 5.41) is 44.6. The van der Waals surface area contributed by atoms with Crippen LogP contribution in [0, 0.1) is 5.41 Å². The first-order valence-electron chi connectivity index (χ1n) is 29.6. The number of hydrogen-bond donors (Lipinski definition) is 6. The predicted molar refractivity (Wildman–Crippen MR) is 357 cm³/mol. The van der Waals surface area contributed by atoms with Gasteiger partial charge in [0.25, 0.3) is 10.1 Å². The Balaban J connectivity index is 0.000000144. The van der Waals surface area contributed by atoms with Crippen molar-refractivity contribution in [2.45, 2.75) is 70.5 Å². The Morgan fingerprint density at radius 2 is 0.670 bits per heavy atom. The Morgan fingerprint density at radius 1 is 0.396 bits per heavy atom. The van der Waals surface area contributed by atoms with Gasteiger partial charge in [0, 0.05) is 53.9 Å². The van der Waals surface area contributed by atoms with Crippen LogP contribution in [-0.2, 0) is 19.7 Å². The number of carboxylic acid groups (broad SMARTS) is 2. The molecule has 1 atom stereocenters. The van der Waals surface area contributed by atoms with Gasteiger partial charge in [-0.15, -0.1) is 15.3 Å². The van der Waals surface area contributed by atoms with E-state index in [1.165, 1.54) is 13.8 Å². The van der Waals surface area contributed by atoms with Crippen LogP contribution in [0.15, 0.2) is 271 Å². The van der Waals surface area contributed by atoms with E-state index in [1.807, 2.05) is 256 Å². The van der Waals surface area contributed by atoms with Crippen molar-refractivity contribution in [3.05, 3.63) is 272 Å². The summed E-state index contributed by atoms with van der Waals surface area (Å²) in [6, 6.07) is 72.0. The summed E-state index contributed by atoms with van der Waals surface area (Å²) >= 11 is 0. The number of hydrogen-bond acceptors (Lipinski definition) is 19. The van der Waals surface area contributed by atoms with Gasteiger partial charge in [0.1, 0.15) is 0 Å². The van der Waals surface area contributed by atoms with E-state index in [2.05, 4.69) is 31.2 Å². The number of rotatable bonds is 20. The number of amidine groups is 3. The van der Waals surface area contributed by atoms with Gasteiger partial charge in [0.15, 0.2) is 17.5 Å². The smallest absolute Gasteiger partial charge is 0.328 e. The highest BCUT2D eigenvalue weighted by atomic mass is 32.2. The SMILES string of the molecule is CCCCCCC(C(=O)O)(C(CC)(CC)C(=O)O)S(=O)(=O)O.c1ccc(N2N=C(c3ccncc3)NN2c2ccccc2)cc1.c1ccc(N2N=C(c3ccncc3)NN2c2ccccc2)cc1.c1ccc(N2N=C(c3ccncc3)NN2c2ccccc2)cc1. The molecule has 3 aliphatic heterocycles. The molecular weight excluding hydrogens is 1170 g/mol. The number of pyridine rings is 3. The summed E-state index contributed by atoms with van der Waals surface area (Å²) in [5.41, 5.74) is 16.9. The van der Waals surface area contributed by atoms with Crippen LogP contribution in [-0.4, -0.2) is 72.3 Å². The van der Waals surface area contributed by atoms with Gasteiger partial charge in [-0.2, -0.15) is 39.1 Å². The molecule has 0 bridgehead atoms. The van der Waals surface area contributed by atoms with E-state index in [-0.39, 0.29) is 19.3 Å². The van der Waals surface area contributed by atoms with Crippen LogP contribution in [0.5, 0.6) is 0 Å². The van der Waals surface area contributed by atoms with Crippen molar-refractivity contribution in [2.24, 2.45) is 20.7 Å². The second-order valence-corrected chi connectivity index (χ2v) is 22.4. The number of aromatic nitrogens is 3. The second kappa shape index (κ2) is 30.6. The summed E-state index contributed by atoms with van der Waals surface area (Å²) in [4.78, 5) is 35.7. The van der Waals surface area contributed by atoms with Gasteiger partial charge in [-0.3, -0.25) is 45.4 Å². The maximum absolute atomic E-state index is 11.9. The summed E-state index contributed by atoms with van der Waals surface area (Å²) in [6.45, 7) is 4.78. The van der Waals surface area contributed by atoms with Crippen LogP contribution in [0.25, 0.3) is 0 Å². The average molecular weight is 1240 g/mol. The third-order valence-corrected chi connectivity index (χ3v) is 16.8. The normalized spacial score (nSPS) is 14.0. The molecule has 0 saturated carbocycles. The van der Waals surface area contributed by atoms with E-state index >= 15 is 0 Å². The monoisotopic (exact) mass is 1240 g/mol. The molecule has 91 heavy (non-hydrogen) atoms. The number of carboxylic acids is 2. The maximum atomic E-state index is 11.9. The number of hydrazone groups is 3. The van der Waals surface area contributed by atoms with Crippen LogP contribution in [0.2, 0.25) is 0 Å². The zero-order chi connectivity index (χ0) is 64.1. The molecule has 6 aromatic carbocycles. The minimum atomic E-state index is -5.12. The molecule has 3 aromatic heterocycles. The summed E-state index contributed by atoms with van der Waals surface area (Å²) in [6.07, 6.45) is 12.2. The van der Waals surface area contributed by atoms with Crippen molar-refractivity contribution in [3.8, 4) is 0 Å². The Bertz CT molecular complexity index is 3610. The topological polar surface area (TPSA) is 260 Å². The molecule has 3 aliphatic rings. The summed E-state index contributed by atoms with van der Waals surface area (Å²) < 4.78 is 30.8. The van der Waals surface area contributed by atoms with Crippen LogP contribution >= 0.6 is 0 Å². The third-order valence-electron chi connectivity index (χ3n) is 15.2. The Kier molecular flexibility index (Phi) is 21.7. The molecule has 9 aromatic rings. The first-order valence-corrected chi connectivity index (χ1v) is 31.1. The first kappa shape index (κ1) is 64.3. The lowest BCUT2D eigenvalue weighted by Crippen LogP contribution is -2.62. The van der Waals surface area contributed by atoms with Gasteiger partial charge < -0.3 is 10.2 Å². The molecule has 466 valence electrons. The van der Waals surface area contributed by atoms with Crippen molar-refractivity contribution >= 4 is 73.7 Å². The zero-order valence-electron chi connectivity index (χ0n) is 50.4. The lowest BCUT2D eigenvalue weighted by molar-refractivity contribution is -0.161. The Hall–Kier alpha value is -11.2. The van der Waals surface area contributed by atoms with Crippen molar-refractivity contribution < 1.29 is 32.8 Å². The number of nitrogens with zero attached hydrogens (tertiary/aromatic N) is 12. The fourth-order valence-electron chi connectivity index (χ4n) is 10.4. The highest BCUT2D eigenvalue weighted by molar-refractivity contribution is 7.88. The van der Waals surface area contributed by atoms with Crippen LogP contribution in [0.4, 0.5) is 34.1 Å². The fourth-order valence-corrected chi connectivity index (χ4v) is 11.9. The fraction of sp³-hybridized carbons (Fsp3) is 0.176. The van der Waals surface area contributed by atoms with E-state index in [0.29, 0.717) is 6.42 Å². The van der Waals surface area contributed by atoms with Crippen molar-refractivity contribution in [3.63, 3.8) is 0 Å². The van der Waals surface area contributed by atoms with E-state index < -0.39 is 38.6 Å².